The molecule has 7 nitrogen and oxygen atoms in total. The Bertz CT molecular complexity index is 633. The third kappa shape index (κ3) is 3.29. The molecule has 0 unspecified atom stereocenters. The lowest BCUT2D eigenvalue weighted by Crippen LogP contribution is -2.42. The molecule has 2 aromatic heterocycles. The Labute approximate surface area is 129 Å². The van der Waals surface area contributed by atoms with Crippen LogP contribution in [0.15, 0.2) is 24.8 Å². The van der Waals surface area contributed by atoms with E-state index in [2.05, 4.69) is 14.6 Å². The van der Waals surface area contributed by atoms with Gasteiger partial charge in [-0.3, -0.25) is 4.79 Å². The highest BCUT2D eigenvalue weighted by Crippen LogP contribution is 2.19. The van der Waals surface area contributed by atoms with Crippen LogP contribution in [0, 0.1) is 12.8 Å². The summed E-state index contributed by atoms with van der Waals surface area (Å²) < 4.78 is 3.66. The fourth-order valence-corrected chi connectivity index (χ4v) is 3.05. The molecule has 0 bridgehead atoms. The van der Waals surface area contributed by atoms with Crippen LogP contribution in [0.4, 0.5) is 5.82 Å². The third-order valence-corrected chi connectivity index (χ3v) is 4.12. The van der Waals surface area contributed by atoms with Crippen LogP contribution in [0.25, 0.3) is 0 Å². The lowest BCUT2D eigenvalue weighted by molar-refractivity contribution is -0.133. The quantitative estimate of drug-likeness (QED) is 0.910. The van der Waals surface area contributed by atoms with E-state index in [9.17, 15) is 4.79 Å². The monoisotopic (exact) mass is 302 g/mol. The second kappa shape index (κ2) is 6.21. The molecule has 0 spiro atoms. The molecule has 22 heavy (non-hydrogen) atoms. The summed E-state index contributed by atoms with van der Waals surface area (Å²) in [4.78, 5) is 18.5. The molecule has 3 rings (SSSR count). The normalized spacial score (nSPS) is 18.6. The molecule has 0 aromatic carbocycles. The van der Waals surface area contributed by atoms with E-state index in [1.165, 1.54) is 0 Å². The first-order valence-corrected chi connectivity index (χ1v) is 7.65. The maximum Gasteiger partial charge on any atom is 0.244 e. The largest absolute Gasteiger partial charge is 0.384 e. The minimum Gasteiger partial charge on any atom is -0.384 e. The number of aryl methyl sites for hydroxylation is 1. The summed E-state index contributed by atoms with van der Waals surface area (Å²) in [5, 5.41) is 4.26. The summed E-state index contributed by atoms with van der Waals surface area (Å²) >= 11 is 0. The van der Waals surface area contributed by atoms with E-state index in [0.717, 1.165) is 38.2 Å². The Hall–Kier alpha value is -2.31. The minimum absolute atomic E-state index is 0.0881. The molecule has 2 aromatic rings. The van der Waals surface area contributed by atoms with Crippen LogP contribution in [0.5, 0.6) is 0 Å². The molecular weight excluding hydrogens is 280 g/mol. The number of rotatable bonds is 4. The first-order chi connectivity index (χ1) is 10.6. The van der Waals surface area contributed by atoms with E-state index < -0.39 is 0 Å². The highest BCUT2D eigenvalue weighted by molar-refractivity contribution is 5.76. The van der Waals surface area contributed by atoms with Crippen molar-refractivity contribution in [2.24, 2.45) is 5.92 Å². The summed E-state index contributed by atoms with van der Waals surface area (Å²) in [6.45, 7) is 4.61. The van der Waals surface area contributed by atoms with Gasteiger partial charge in [-0.1, -0.05) is 0 Å². The molecule has 1 aliphatic heterocycles. The topological polar surface area (TPSA) is 82.0 Å². The van der Waals surface area contributed by atoms with Crippen LogP contribution in [0.1, 0.15) is 18.5 Å². The van der Waals surface area contributed by atoms with Gasteiger partial charge in [0.15, 0.2) is 0 Å². The van der Waals surface area contributed by atoms with Crippen LogP contribution >= 0.6 is 0 Å². The molecule has 2 N–H and O–H groups in total. The van der Waals surface area contributed by atoms with Gasteiger partial charge in [-0.2, -0.15) is 5.10 Å². The number of anilines is 1. The number of imidazole rings is 1. The zero-order valence-corrected chi connectivity index (χ0v) is 12.9. The lowest BCUT2D eigenvalue weighted by Gasteiger charge is -2.33. The average molecular weight is 302 g/mol. The van der Waals surface area contributed by atoms with Gasteiger partial charge in [-0.15, -0.1) is 0 Å². The summed E-state index contributed by atoms with van der Waals surface area (Å²) in [6, 6.07) is 1.78. The Morgan fingerprint density at radius 3 is 3.05 bits per heavy atom. The molecule has 1 atom stereocenters. The van der Waals surface area contributed by atoms with Gasteiger partial charge in [0.05, 0.1) is 12.0 Å². The molecule has 3 heterocycles. The molecular formula is C15H22N6O. The average Bonchev–Trinajstić information content (AvgIpc) is 3.09. The van der Waals surface area contributed by atoms with Gasteiger partial charge in [-0.25, -0.2) is 9.67 Å². The van der Waals surface area contributed by atoms with E-state index >= 15 is 0 Å². The fourth-order valence-electron chi connectivity index (χ4n) is 3.05. The van der Waals surface area contributed by atoms with Crippen LogP contribution in [-0.2, 0) is 17.9 Å². The smallest absolute Gasteiger partial charge is 0.244 e. The summed E-state index contributed by atoms with van der Waals surface area (Å²) in [5.74, 6) is 1.10. The Balaban J connectivity index is 1.59. The number of hydrogen-bond acceptors (Lipinski definition) is 4. The van der Waals surface area contributed by atoms with E-state index in [0.29, 0.717) is 11.7 Å². The van der Waals surface area contributed by atoms with Gasteiger partial charge < -0.3 is 15.2 Å². The number of nitrogens with two attached hydrogens (primary N) is 1. The van der Waals surface area contributed by atoms with E-state index in [-0.39, 0.29) is 12.5 Å². The molecule has 118 valence electrons. The number of carbonyl (C=O) groups excluding carboxylic acids is 1. The highest BCUT2D eigenvalue weighted by Gasteiger charge is 2.24. The van der Waals surface area contributed by atoms with Crippen LogP contribution < -0.4 is 5.73 Å². The van der Waals surface area contributed by atoms with Gasteiger partial charge in [0.1, 0.15) is 12.4 Å². The standard InChI is InChI=1S/C15H22N6O/c1-12-7-14(16)21(18-12)10-15(22)20-5-2-3-13(9-20)8-19-6-4-17-11-19/h4,6-7,11,13H,2-3,5,8-10,16H2,1H3/t13-/m1/s1. The highest BCUT2D eigenvalue weighted by atomic mass is 16.2. The van der Waals surface area contributed by atoms with E-state index in [1.807, 2.05) is 24.3 Å². The Morgan fingerprint density at radius 1 is 1.50 bits per heavy atom. The Kier molecular flexibility index (Phi) is 4.13. The van der Waals surface area contributed by atoms with Gasteiger partial charge in [0.25, 0.3) is 0 Å². The number of nitrogen functional groups attached to an aromatic ring is 1. The second-order valence-corrected chi connectivity index (χ2v) is 5.98. The fraction of sp³-hybridized carbons (Fsp3) is 0.533. The molecule has 0 aliphatic carbocycles. The summed E-state index contributed by atoms with van der Waals surface area (Å²) in [6.07, 6.45) is 7.76. The number of amides is 1. The lowest BCUT2D eigenvalue weighted by atomic mass is 9.98. The number of nitrogens with zero attached hydrogens (tertiary/aromatic N) is 5. The van der Waals surface area contributed by atoms with Crippen LogP contribution in [0.3, 0.4) is 0 Å². The van der Waals surface area contributed by atoms with Crippen molar-refractivity contribution in [1.82, 2.24) is 24.2 Å². The van der Waals surface area contributed by atoms with Crippen molar-refractivity contribution in [2.45, 2.75) is 32.9 Å². The predicted molar refractivity (Wildman–Crippen MR) is 82.9 cm³/mol. The number of hydrogen-bond donors (Lipinski definition) is 1. The number of carbonyl (C=O) groups is 1. The van der Waals surface area contributed by atoms with Gasteiger partial charge in [-0.05, 0) is 25.7 Å². The summed E-state index contributed by atoms with van der Waals surface area (Å²) in [5.41, 5.74) is 6.69. The van der Waals surface area contributed by atoms with E-state index in [1.54, 1.807) is 16.9 Å². The first kappa shape index (κ1) is 14.6. The van der Waals surface area contributed by atoms with Gasteiger partial charge >= 0.3 is 0 Å². The van der Waals surface area contributed by atoms with Crippen molar-refractivity contribution in [3.05, 3.63) is 30.5 Å². The number of piperidine rings is 1. The van der Waals surface area contributed by atoms with Crippen LogP contribution in [0.2, 0.25) is 0 Å². The molecule has 1 saturated heterocycles. The van der Waals surface area contributed by atoms with Crippen molar-refractivity contribution >= 4 is 11.7 Å². The molecule has 1 amide bonds. The van der Waals surface area contributed by atoms with Crippen LogP contribution in [-0.4, -0.2) is 43.2 Å². The van der Waals surface area contributed by atoms with Gasteiger partial charge in [0, 0.05) is 38.1 Å². The SMILES string of the molecule is Cc1cc(N)n(CC(=O)N2CCC[C@H](Cn3ccnc3)C2)n1. The summed E-state index contributed by atoms with van der Waals surface area (Å²) in [7, 11) is 0. The zero-order chi connectivity index (χ0) is 15.5. The van der Waals surface area contributed by atoms with E-state index in [4.69, 9.17) is 5.73 Å². The van der Waals surface area contributed by atoms with Crippen molar-refractivity contribution < 1.29 is 4.79 Å². The molecule has 0 radical (unpaired) electrons. The predicted octanol–water partition coefficient (Wildman–Crippen LogP) is 0.909. The zero-order valence-electron chi connectivity index (χ0n) is 12.9. The van der Waals surface area contributed by atoms with Gasteiger partial charge in [0.2, 0.25) is 5.91 Å². The second-order valence-electron chi connectivity index (χ2n) is 5.98. The van der Waals surface area contributed by atoms with Crippen molar-refractivity contribution in [2.75, 3.05) is 18.8 Å². The Morgan fingerprint density at radius 2 is 2.36 bits per heavy atom. The first-order valence-electron chi connectivity index (χ1n) is 7.65. The van der Waals surface area contributed by atoms with Crippen molar-refractivity contribution in [3.8, 4) is 0 Å². The molecule has 1 fully saturated rings. The maximum absolute atomic E-state index is 12.5. The molecule has 1 aliphatic rings. The minimum atomic E-state index is 0.0881. The van der Waals surface area contributed by atoms with Crippen molar-refractivity contribution in [1.29, 1.82) is 0 Å². The number of aromatic nitrogens is 4. The maximum atomic E-state index is 12.5. The number of likely N-dealkylation sites (tertiary alicyclic amines) is 1. The molecule has 0 saturated carbocycles. The van der Waals surface area contributed by atoms with Crippen molar-refractivity contribution in [3.63, 3.8) is 0 Å². The molecule has 7 heteroatoms. The third-order valence-electron chi connectivity index (χ3n) is 4.12.